The molecule has 9 heteroatoms. The van der Waals surface area contributed by atoms with Crippen molar-refractivity contribution in [1.82, 2.24) is 9.97 Å². The predicted molar refractivity (Wildman–Crippen MR) is 111 cm³/mol. The molecule has 1 aromatic heterocycles. The van der Waals surface area contributed by atoms with Crippen molar-refractivity contribution in [3.05, 3.63) is 72.9 Å². The zero-order valence-corrected chi connectivity index (χ0v) is 16.7. The zero-order valence-electron chi connectivity index (χ0n) is 13.6. The molecule has 0 radical (unpaired) electrons. The molecule has 2 aromatic carbocycles. The number of rotatable bonds is 2. The Bertz CT molecular complexity index is 1210. The standard InChI is InChI=1S/C18H11BrCl2N4O2/c19-8-1-4-13-10(5-8)18(27)24-17(23-13)15-14(26)7-25(16(15)22)9-2-3-11(20)12(21)6-9/h1-6,22,26H,7H2,(H,23,24,27). The molecule has 3 aromatic rings. The highest BCUT2D eigenvalue weighted by Gasteiger charge is 2.31. The molecular weight excluding hydrogens is 455 g/mol. The minimum absolute atomic E-state index is 0.00509. The van der Waals surface area contributed by atoms with Gasteiger partial charge in [-0.25, -0.2) is 4.98 Å². The van der Waals surface area contributed by atoms with Gasteiger partial charge in [-0.05, 0) is 36.4 Å². The number of halogens is 3. The minimum atomic E-state index is -0.350. The molecule has 27 heavy (non-hydrogen) atoms. The lowest BCUT2D eigenvalue weighted by atomic mass is 10.2. The number of aliphatic hydroxyl groups excluding tert-OH is 1. The number of amidine groups is 1. The molecule has 0 spiro atoms. The number of anilines is 1. The lowest BCUT2D eigenvalue weighted by molar-refractivity contribution is 0.411. The predicted octanol–water partition coefficient (Wildman–Crippen LogP) is 4.76. The average Bonchev–Trinajstić information content (AvgIpc) is 2.92. The zero-order chi connectivity index (χ0) is 19.3. The van der Waals surface area contributed by atoms with Crippen LogP contribution in [0.15, 0.2) is 51.4 Å². The van der Waals surface area contributed by atoms with Crippen LogP contribution >= 0.6 is 39.1 Å². The first-order chi connectivity index (χ1) is 12.8. The van der Waals surface area contributed by atoms with Gasteiger partial charge in [0.2, 0.25) is 0 Å². The van der Waals surface area contributed by atoms with Crippen LogP contribution in [0, 0.1) is 5.41 Å². The molecule has 1 aliphatic rings. The number of hydrogen-bond acceptors (Lipinski definition) is 4. The van der Waals surface area contributed by atoms with E-state index in [0.29, 0.717) is 26.6 Å². The summed E-state index contributed by atoms with van der Waals surface area (Å²) in [5, 5.41) is 20.1. The highest BCUT2D eigenvalue weighted by Crippen LogP contribution is 2.33. The van der Waals surface area contributed by atoms with Crippen LogP contribution in [0.3, 0.4) is 0 Å². The molecule has 0 aliphatic carbocycles. The van der Waals surface area contributed by atoms with Gasteiger partial charge >= 0.3 is 0 Å². The van der Waals surface area contributed by atoms with E-state index in [1.54, 1.807) is 41.3 Å². The Hall–Kier alpha value is -2.35. The van der Waals surface area contributed by atoms with Gasteiger partial charge in [0.25, 0.3) is 5.56 Å². The summed E-state index contributed by atoms with van der Waals surface area (Å²) in [5.41, 5.74) is 0.890. The van der Waals surface area contributed by atoms with Crippen molar-refractivity contribution >= 4 is 67.1 Å². The van der Waals surface area contributed by atoms with E-state index in [4.69, 9.17) is 28.6 Å². The number of nitrogens with zero attached hydrogens (tertiary/aromatic N) is 2. The molecule has 0 unspecified atom stereocenters. The Morgan fingerprint density at radius 1 is 1.19 bits per heavy atom. The molecule has 6 nitrogen and oxygen atoms in total. The Labute approximate surface area is 171 Å². The molecule has 0 saturated carbocycles. The minimum Gasteiger partial charge on any atom is -0.509 e. The SMILES string of the molecule is N=C1C(c2nc3ccc(Br)cc3c(=O)[nH]2)=C(O)CN1c1ccc(Cl)c(Cl)c1. The van der Waals surface area contributed by atoms with Crippen molar-refractivity contribution in [2.45, 2.75) is 0 Å². The fraction of sp³-hybridized carbons (Fsp3) is 0.0556. The second-order valence-corrected chi connectivity index (χ2v) is 7.66. The van der Waals surface area contributed by atoms with Crippen LogP contribution in [0.4, 0.5) is 5.69 Å². The van der Waals surface area contributed by atoms with Crippen LogP contribution in [-0.4, -0.2) is 27.5 Å². The second kappa shape index (κ2) is 6.67. The molecular formula is C18H11BrCl2N4O2. The van der Waals surface area contributed by atoms with Crippen LogP contribution in [-0.2, 0) is 0 Å². The van der Waals surface area contributed by atoms with Crippen LogP contribution in [0.2, 0.25) is 10.0 Å². The van der Waals surface area contributed by atoms with E-state index in [2.05, 4.69) is 25.9 Å². The van der Waals surface area contributed by atoms with E-state index in [1.165, 1.54) is 0 Å². The lowest BCUT2D eigenvalue weighted by Gasteiger charge is -2.19. The topological polar surface area (TPSA) is 93.1 Å². The van der Waals surface area contributed by atoms with Crippen LogP contribution in [0.25, 0.3) is 16.5 Å². The molecule has 0 atom stereocenters. The highest BCUT2D eigenvalue weighted by molar-refractivity contribution is 9.10. The molecule has 4 rings (SSSR count). The van der Waals surface area contributed by atoms with Crippen molar-refractivity contribution in [2.24, 2.45) is 0 Å². The number of nitrogens with one attached hydrogen (secondary N) is 2. The first kappa shape index (κ1) is 18.0. The molecule has 3 N–H and O–H groups in total. The molecule has 1 aliphatic heterocycles. The van der Waals surface area contributed by atoms with Gasteiger partial charge in [-0.2, -0.15) is 0 Å². The summed E-state index contributed by atoms with van der Waals surface area (Å²) in [5.74, 6) is 0.0797. The largest absolute Gasteiger partial charge is 0.509 e. The number of H-pyrrole nitrogens is 1. The van der Waals surface area contributed by atoms with Crippen LogP contribution in [0.1, 0.15) is 5.82 Å². The van der Waals surface area contributed by atoms with Crippen molar-refractivity contribution in [2.75, 3.05) is 11.4 Å². The van der Waals surface area contributed by atoms with Gasteiger partial charge in [0.05, 0.1) is 33.1 Å². The summed E-state index contributed by atoms with van der Waals surface area (Å²) in [6.07, 6.45) is 0. The van der Waals surface area contributed by atoms with E-state index < -0.39 is 0 Å². The van der Waals surface area contributed by atoms with Gasteiger partial charge < -0.3 is 15.0 Å². The van der Waals surface area contributed by atoms with Crippen molar-refractivity contribution < 1.29 is 5.11 Å². The molecule has 0 bridgehead atoms. The number of aromatic nitrogens is 2. The quantitative estimate of drug-likeness (QED) is 0.508. The summed E-state index contributed by atoms with van der Waals surface area (Å²) >= 11 is 15.3. The Kier molecular flexibility index (Phi) is 4.46. The fourth-order valence-corrected chi connectivity index (χ4v) is 3.58. The lowest BCUT2D eigenvalue weighted by Crippen LogP contribution is -2.26. The van der Waals surface area contributed by atoms with E-state index in [0.717, 1.165) is 4.47 Å². The van der Waals surface area contributed by atoms with Gasteiger partial charge in [-0.3, -0.25) is 10.2 Å². The second-order valence-electron chi connectivity index (χ2n) is 5.93. The maximum atomic E-state index is 12.4. The summed E-state index contributed by atoms with van der Waals surface area (Å²) in [7, 11) is 0. The number of fused-ring (bicyclic) bond motifs is 1. The van der Waals surface area contributed by atoms with E-state index in [-0.39, 0.29) is 35.1 Å². The van der Waals surface area contributed by atoms with Crippen molar-refractivity contribution in [3.8, 4) is 0 Å². The third-order valence-electron chi connectivity index (χ3n) is 4.22. The third kappa shape index (κ3) is 3.12. The average molecular weight is 466 g/mol. The summed E-state index contributed by atoms with van der Waals surface area (Å²) in [6.45, 7) is 0.0637. The van der Waals surface area contributed by atoms with Gasteiger partial charge in [0.15, 0.2) is 0 Å². The number of aliphatic hydroxyl groups is 1. The van der Waals surface area contributed by atoms with Gasteiger partial charge in [-0.1, -0.05) is 39.1 Å². The first-order valence-corrected chi connectivity index (χ1v) is 9.33. The van der Waals surface area contributed by atoms with Crippen molar-refractivity contribution in [3.63, 3.8) is 0 Å². The smallest absolute Gasteiger partial charge is 0.259 e. The molecule has 136 valence electrons. The van der Waals surface area contributed by atoms with Gasteiger partial charge in [0, 0.05) is 10.2 Å². The van der Waals surface area contributed by atoms with E-state index in [9.17, 15) is 9.90 Å². The third-order valence-corrected chi connectivity index (χ3v) is 5.45. The van der Waals surface area contributed by atoms with Crippen LogP contribution in [0.5, 0.6) is 0 Å². The molecule has 0 fully saturated rings. The Morgan fingerprint density at radius 3 is 2.70 bits per heavy atom. The molecule has 0 saturated heterocycles. The van der Waals surface area contributed by atoms with Gasteiger partial charge in [0.1, 0.15) is 17.4 Å². The number of aromatic amines is 1. The first-order valence-electron chi connectivity index (χ1n) is 7.78. The maximum absolute atomic E-state index is 12.4. The fourth-order valence-electron chi connectivity index (χ4n) is 2.93. The highest BCUT2D eigenvalue weighted by atomic mass is 79.9. The number of benzene rings is 2. The Balaban J connectivity index is 1.78. The van der Waals surface area contributed by atoms with Gasteiger partial charge in [-0.15, -0.1) is 0 Å². The molecule has 2 heterocycles. The monoisotopic (exact) mass is 464 g/mol. The summed E-state index contributed by atoms with van der Waals surface area (Å²) < 4.78 is 0.761. The number of hydrogen-bond donors (Lipinski definition) is 3. The Morgan fingerprint density at radius 2 is 1.96 bits per heavy atom. The van der Waals surface area contributed by atoms with E-state index in [1.807, 2.05) is 0 Å². The molecule has 0 amide bonds. The maximum Gasteiger partial charge on any atom is 0.259 e. The summed E-state index contributed by atoms with van der Waals surface area (Å²) in [4.78, 5) is 21.0. The normalized spacial score (nSPS) is 14.5. The van der Waals surface area contributed by atoms with E-state index >= 15 is 0 Å². The summed E-state index contributed by atoms with van der Waals surface area (Å²) in [6, 6.07) is 10.1. The van der Waals surface area contributed by atoms with Crippen LogP contribution < -0.4 is 10.5 Å². The van der Waals surface area contributed by atoms with Crippen molar-refractivity contribution in [1.29, 1.82) is 5.41 Å².